The molecule has 9 heteroatoms. The van der Waals surface area contributed by atoms with Gasteiger partial charge in [0.05, 0.1) is 10.6 Å². The number of amides is 2. The summed E-state index contributed by atoms with van der Waals surface area (Å²) >= 11 is 6.29. The number of sulfonamides is 1. The van der Waals surface area contributed by atoms with E-state index in [1.807, 2.05) is 51.1 Å². The van der Waals surface area contributed by atoms with E-state index in [0.717, 1.165) is 21.9 Å². The first-order valence-electron chi connectivity index (χ1n) is 13.5. The Morgan fingerprint density at radius 3 is 2.25 bits per heavy atom. The lowest BCUT2D eigenvalue weighted by atomic mass is 10.1. The highest BCUT2D eigenvalue weighted by Crippen LogP contribution is 2.30. The Hall–Kier alpha value is -3.36. The zero-order valence-electron chi connectivity index (χ0n) is 23.6. The van der Waals surface area contributed by atoms with E-state index >= 15 is 0 Å². The molecule has 0 radical (unpaired) electrons. The normalized spacial score (nSPS) is 12.0. The van der Waals surface area contributed by atoms with Gasteiger partial charge in [-0.25, -0.2) is 8.42 Å². The fourth-order valence-electron chi connectivity index (χ4n) is 4.46. The molecule has 0 aliphatic carbocycles. The minimum atomic E-state index is -4.15. The summed E-state index contributed by atoms with van der Waals surface area (Å²) in [7, 11) is -4.15. The molecule has 7 nitrogen and oxygen atoms in total. The summed E-state index contributed by atoms with van der Waals surface area (Å²) in [6.07, 6.45) is 1.67. The van der Waals surface area contributed by atoms with Gasteiger partial charge in [0.25, 0.3) is 10.0 Å². The molecule has 0 aliphatic rings. The second-order valence-corrected chi connectivity index (χ2v) is 12.1. The summed E-state index contributed by atoms with van der Waals surface area (Å²) in [5.74, 6) is -0.720. The monoisotopic (exact) mass is 583 g/mol. The van der Waals surface area contributed by atoms with Crippen LogP contribution in [0, 0.1) is 13.8 Å². The smallest absolute Gasteiger partial charge is 0.264 e. The Morgan fingerprint density at radius 2 is 1.62 bits per heavy atom. The van der Waals surface area contributed by atoms with Gasteiger partial charge >= 0.3 is 0 Å². The van der Waals surface area contributed by atoms with Gasteiger partial charge in [0, 0.05) is 18.1 Å². The minimum absolute atomic E-state index is 0.0637. The number of hydrogen-bond donors (Lipinski definition) is 1. The first-order valence-corrected chi connectivity index (χ1v) is 15.4. The third-order valence-electron chi connectivity index (χ3n) is 6.75. The summed E-state index contributed by atoms with van der Waals surface area (Å²) in [6, 6.07) is 20.4. The van der Waals surface area contributed by atoms with E-state index in [1.165, 1.54) is 17.0 Å². The molecule has 1 N–H and O–H groups in total. The number of rotatable bonds is 13. The Morgan fingerprint density at radius 1 is 0.950 bits per heavy atom. The molecule has 0 saturated carbocycles. The van der Waals surface area contributed by atoms with E-state index < -0.39 is 28.5 Å². The summed E-state index contributed by atoms with van der Waals surface area (Å²) in [4.78, 5) is 28.8. The van der Waals surface area contributed by atoms with Gasteiger partial charge in [0.15, 0.2) is 0 Å². The lowest BCUT2D eigenvalue weighted by Crippen LogP contribution is -2.53. The molecule has 0 heterocycles. The molecule has 0 spiro atoms. The topological polar surface area (TPSA) is 86.8 Å². The number of nitrogens with one attached hydrogen (secondary N) is 1. The average molecular weight is 584 g/mol. The van der Waals surface area contributed by atoms with Crippen LogP contribution in [0.1, 0.15) is 43.4 Å². The predicted octanol–water partition coefficient (Wildman–Crippen LogP) is 5.53. The summed E-state index contributed by atoms with van der Waals surface area (Å²) in [6.45, 7) is 7.72. The predicted molar refractivity (Wildman–Crippen MR) is 161 cm³/mol. The molecule has 0 saturated heterocycles. The van der Waals surface area contributed by atoms with Crippen molar-refractivity contribution < 1.29 is 18.0 Å². The number of halogens is 1. The Labute approximate surface area is 243 Å². The molecular formula is C31H38ClN3O4S. The van der Waals surface area contributed by atoms with Crippen LogP contribution in [0.4, 0.5) is 5.69 Å². The SMILES string of the molecule is CCCNC(=O)[C@@H](CC)N(CCc1ccccc1)C(=O)CN(c1cc(Cl)ccc1C)S(=O)(=O)c1ccc(C)cc1. The van der Waals surface area contributed by atoms with Crippen LogP contribution in [0.2, 0.25) is 5.02 Å². The highest BCUT2D eigenvalue weighted by Gasteiger charge is 2.34. The number of benzene rings is 3. The summed E-state index contributed by atoms with van der Waals surface area (Å²) in [5.41, 5.74) is 2.89. The van der Waals surface area contributed by atoms with Crippen LogP contribution < -0.4 is 9.62 Å². The molecule has 3 rings (SSSR count). The van der Waals surface area contributed by atoms with Crippen molar-refractivity contribution in [3.8, 4) is 0 Å². The molecule has 0 aliphatic heterocycles. The van der Waals surface area contributed by atoms with Crippen molar-refractivity contribution in [3.05, 3.63) is 94.5 Å². The van der Waals surface area contributed by atoms with Gasteiger partial charge in [0.1, 0.15) is 12.6 Å². The maximum Gasteiger partial charge on any atom is 0.264 e. The number of aryl methyl sites for hydroxylation is 2. The van der Waals surface area contributed by atoms with E-state index in [0.29, 0.717) is 35.7 Å². The molecule has 0 bridgehead atoms. The van der Waals surface area contributed by atoms with E-state index in [2.05, 4.69) is 5.32 Å². The molecule has 0 unspecified atom stereocenters. The van der Waals surface area contributed by atoms with Crippen molar-refractivity contribution in [2.45, 2.75) is 57.9 Å². The van der Waals surface area contributed by atoms with Crippen molar-refractivity contribution in [2.24, 2.45) is 0 Å². The third kappa shape index (κ3) is 7.86. The van der Waals surface area contributed by atoms with Crippen molar-refractivity contribution in [1.29, 1.82) is 0 Å². The molecule has 3 aromatic carbocycles. The van der Waals surface area contributed by atoms with E-state index in [1.54, 1.807) is 37.3 Å². The maximum atomic E-state index is 14.1. The first-order chi connectivity index (χ1) is 19.1. The van der Waals surface area contributed by atoms with Gasteiger partial charge in [-0.2, -0.15) is 0 Å². The van der Waals surface area contributed by atoms with E-state index in [9.17, 15) is 18.0 Å². The maximum absolute atomic E-state index is 14.1. The zero-order chi connectivity index (χ0) is 29.3. The largest absolute Gasteiger partial charge is 0.354 e. The Balaban J connectivity index is 2.04. The van der Waals surface area contributed by atoms with Gasteiger partial charge in [-0.3, -0.25) is 13.9 Å². The summed E-state index contributed by atoms with van der Waals surface area (Å²) < 4.78 is 29.1. The van der Waals surface area contributed by atoms with E-state index in [-0.39, 0.29) is 17.3 Å². The molecular weight excluding hydrogens is 546 g/mol. The quantitative estimate of drug-likeness (QED) is 0.287. The number of anilines is 1. The zero-order valence-corrected chi connectivity index (χ0v) is 25.1. The lowest BCUT2D eigenvalue weighted by molar-refractivity contribution is -0.139. The first kappa shape index (κ1) is 31.2. The van der Waals surface area contributed by atoms with Crippen molar-refractivity contribution in [3.63, 3.8) is 0 Å². The highest BCUT2D eigenvalue weighted by atomic mass is 35.5. The standard InChI is InChI=1S/C31H38ClN3O4S/c1-5-19-33-31(37)28(6-2)34(20-18-25-10-8-7-9-11-25)30(36)22-35(29-21-26(32)15-14-24(29)4)40(38,39)27-16-12-23(3)13-17-27/h7-17,21,28H,5-6,18-20,22H2,1-4H3,(H,33,37)/t28-/m1/s1. The van der Waals surface area contributed by atoms with Crippen LogP contribution in [0.3, 0.4) is 0 Å². The molecule has 214 valence electrons. The van der Waals surface area contributed by atoms with Crippen LogP contribution in [-0.4, -0.2) is 50.8 Å². The molecule has 1 atom stereocenters. The second kappa shape index (κ2) is 14.3. The van der Waals surface area contributed by atoms with Crippen molar-refractivity contribution >= 4 is 39.1 Å². The molecule has 40 heavy (non-hydrogen) atoms. The Kier molecular flexibility index (Phi) is 11.2. The number of carbonyl (C=O) groups excluding carboxylic acids is 2. The molecule has 3 aromatic rings. The van der Waals surface area contributed by atoms with E-state index in [4.69, 9.17) is 11.6 Å². The lowest BCUT2D eigenvalue weighted by Gasteiger charge is -2.33. The number of carbonyl (C=O) groups is 2. The average Bonchev–Trinajstić information content (AvgIpc) is 2.94. The van der Waals surface area contributed by atoms with Gasteiger partial charge in [-0.1, -0.05) is 79.5 Å². The van der Waals surface area contributed by atoms with Gasteiger partial charge < -0.3 is 10.2 Å². The minimum Gasteiger partial charge on any atom is -0.354 e. The van der Waals surface area contributed by atoms with Gasteiger partial charge in [-0.15, -0.1) is 0 Å². The molecule has 0 aromatic heterocycles. The third-order valence-corrected chi connectivity index (χ3v) is 8.76. The van der Waals surface area contributed by atoms with Crippen LogP contribution >= 0.6 is 11.6 Å². The van der Waals surface area contributed by atoms with Gasteiger partial charge in [-0.05, 0) is 68.5 Å². The van der Waals surface area contributed by atoms with Crippen molar-refractivity contribution in [1.82, 2.24) is 10.2 Å². The van der Waals surface area contributed by atoms with Crippen LogP contribution in [0.25, 0.3) is 0 Å². The molecule has 2 amide bonds. The molecule has 0 fully saturated rings. The van der Waals surface area contributed by atoms with Crippen LogP contribution in [0.15, 0.2) is 77.7 Å². The number of nitrogens with zero attached hydrogens (tertiary/aromatic N) is 2. The van der Waals surface area contributed by atoms with Gasteiger partial charge in [0.2, 0.25) is 11.8 Å². The fraction of sp³-hybridized carbons (Fsp3) is 0.355. The van der Waals surface area contributed by atoms with Crippen LogP contribution in [0.5, 0.6) is 0 Å². The Bertz CT molecular complexity index is 1400. The number of hydrogen-bond acceptors (Lipinski definition) is 4. The van der Waals surface area contributed by atoms with Crippen LogP contribution in [-0.2, 0) is 26.0 Å². The second-order valence-electron chi connectivity index (χ2n) is 9.79. The fourth-order valence-corrected chi connectivity index (χ4v) is 6.10. The van der Waals surface area contributed by atoms with Crippen molar-refractivity contribution in [2.75, 3.05) is 23.9 Å². The highest BCUT2D eigenvalue weighted by molar-refractivity contribution is 7.92. The summed E-state index contributed by atoms with van der Waals surface area (Å²) in [5, 5.41) is 3.25.